The van der Waals surface area contributed by atoms with Gasteiger partial charge in [-0.25, -0.2) is 4.79 Å². The number of nitrogen functional groups attached to an aromatic ring is 1. The van der Waals surface area contributed by atoms with Crippen molar-refractivity contribution in [3.63, 3.8) is 0 Å². The number of nitrogens with zero attached hydrogens (tertiary/aromatic N) is 1. The van der Waals surface area contributed by atoms with Gasteiger partial charge >= 0.3 is 6.09 Å². The summed E-state index contributed by atoms with van der Waals surface area (Å²) in [4.78, 5) is 12.2. The molecule has 4 rings (SSSR count). The summed E-state index contributed by atoms with van der Waals surface area (Å²) >= 11 is 0. The van der Waals surface area contributed by atoms with Crippen molar-refractivity contribution in [1.29, 1.82) is 0 Å². The molecule has 170 valence electrons. The maximum atomic E-state index is 12.2. The number of hydrogen-bond donors (Lipinski definition) is 2. The van der Waals surface area contributed by atoms with Crippen LogP contribution >= 0.6 is 0 Å². The molecule has 1 fully saturated rings. The highest BCUT2D eigenvalue weighted by atomic mass is 16.6. The fraction of sp³-hybridized carbons (Fsp3) is 0.423. The van der Waals surface area contributed by atoms with E-state index in [1.54, 1.807) is 0 Å². The number of carbonyl (C=O) groups is 1. The van der Waals surface area contributed by atoms with E-state index >= 15 is 0 Å². The van der Waals surface area contributed by atoms with Crippen molar-refractivity contribution in [2.24, 2.45) is 0 Å². The van der Waals surface area contributed by atoms with E-state index in [1.165, 1.54) is 6.42 Å². The smallest absolute Gasteiger partial charge is 0.411 e. The molecule has 0 radical (unpaired) electrons. The number of anilines is 2. The molecule has 1 amide bonds. The van der Waals surface area contributed by atoms with Crippen LogP contribution in [0.25, 0.3) is 22.2 Å². The normalized spacial score (nSPS) is 13.9. The molecule has 1 aliphatic rings. The van der Waals surface area contributed by atoms with Crippen molar-refractivity contribution in [3.8, 4) is 17.0 Å². The largest absolute Gasteiger partial charge is 0.494 e. The van der Waals surface area contributed by atoms with E-state index in [1.807, 2.05) is 51.1 Å². The van der Waals surface area contributed by atoms with Crippen LogP contribution in [0.4, 0.5) is 16.2 Å². The van der Waals surface area contributed by atoms with Gasteiger partial charge in [0.1, 0.15) is 11.9 Å². The van der Waals surface area contributed by atoms with E-state index in [0.29, 0.717) is 18.3 Å². The standard InChI is InChI=1S/C26H33N3O3/c1-4-20(5-2)32-26(30)28-18-12-10-17(11-13-18)25-24(27)22-15-14-21(31-6-3)16-23(22)29(25)19-8-7-9-19/h10-16,19-20H,4-9,27H2,1-3H3,(H,28,30). The van der Waals surface area contributed by atoms with Gasteiger partial charge in [-0.3, -0.25) is 5.32 Å². The zero-order valence-corrected chi connectivity index (χ0v) is 19.2. The second-order valence-corrected chi connectivity index (χ2v) is 8.38. The van der Waals surface area contributed by atoms with Crippen LogP contribution in [0.3, 0.4) is 0 Å². The molecule has 6 heteroatoms. The minimum Gasteiger partial charge on any atom is -0.494 e. The van der Waals surface area contributed by atoms with E-state index in [-0.39, 0.29) is 6.10 Å². The minimum absolute atomic E-state index is 0.0613. The fourth-order valence-corrected chi connectivity index (χ4v) is 4.36. The molecule has 3 N–H and O–H groups in total. The molecule has 6 nitrogen and oxygen atoms in total. The number of benzene rings is 2. The average Bonchev–Trinajstić information content (AvgIpc) is 3.03. The van der Waals surface area contributed by atoms with Crippen LogP contribution in [0.15, 0.2) is 42.5 Å². The zero-order chi connectivity index (χ0) is 22.7. The van der Waals surface area contributed by atoms with E-state index in [9.17, 15) is 4.79 Å². The Bertz CT molecular complexity index is 1080. The van der Waals surface area contributed by atoms with Crippen LogP contribution in [-0.4, -0.2) is 23.4 Å². The highest BCUT2D eigenvalue weighted by molar-refractivity contribution is 6.01. The molecule has 3 aromatic rings. The van der Waals surface area contributed by atoms with Crippen molar-refractivity contribution in [2.75, 3.05) is 17.7 Å². The van der Waals surface area contributed by atoms with Gasteiger partial charge in [0.25, 0.3) is 0 Å². The van der Waals surface area contributed by atoms with Gasteiger partial charge in [0.05, 0.1) is 23.5 Å². The molecule has 32 heavy (non-hydrogen) atoms. The molecule has 0 atom stereocenters. The first kappa shape index (κ1) is 22.1. The predicted molar refractivity (Wildman–Crippen MR) is 130 cm³/mol. The first-order valence-electron chi connectivity index (χ1n) is 11.7. The lowest BCUT2D eigenvalue weighted by Crippen LogP contribution is -2.21. The summed E-state index contributed by atoms with van der Waals surface area (Å²) in [7, 11) is 0. The topological polar surface area (TPSA) is 78.5 Å². The number of nitrogens with two attached hydrogens (primary N) is 1. The molecule has 2 aromatic carbocycles. The number of aromatic nitrogens is 1. The predicted octanol–water partition coefficient (Wildman–Crippen LogP) is 6.75. The summed E-state index contributed by atoms with van der Waals surface area (Å²) in [5, 5.41) is 3.87. The summed E-state index contributed by atoms with van der Waals surface area (Å²) in [5.74, 6) is 0.861. The number of hydrogen-bond acceptors (Lipinski definition) is 4. The molecule has 1 saturated carbocycles. The second kappa shape index (κ2) is 9.55. The summed E-state index contributed by atoms with van der Waals surface area (Å²) in [6.45, 7) is 6.65. The number of amides is 1. The summed E-state index contributed by atoms with van der Waals surface area (Å²) in [6.07, 6.45) is 4.66. The number of nitrogens with one attached hydrogen (secondary N) is 1. The average molecular weight is 436 g/mol. The van der Waals surface area contributed by atoms with Crippen LogP contribution in [0.5, 0.6) is 5.75 Å². The summed E-state index contributed by atoms with van der Waals surface area (Å²) < 4.78 is 13.6. The molecule has 0 spiro atoms. The molecule has 1 aliphatic carbocycles. The zero-order valence-electron chi connectivity index (χ0n) is 19.2. The lowest BCUT2D eigenvalue weighted by molar-refractivity contribution is 0.106. The molecular weight excluding hydrogens is 402 g/mol. The van der Waals surface area contributed by atoms with Crippen LogP contribution in [0.2, 0.25) is 0 Å². The molecule has 1 heterocycles. The first-order valence-corrected chi connectivity index (χ1v) is 11.7. The van der Waals surface area contributed by atoms with Gasteiger partial charge in [-0.1, -0.05) is 26.0 Å². The van der Waals surface area contributed by atoms with Gasteiger partial charge in [-0.2, -0.15) is 0 Å². The molecule has 0 aliphatic heterocycles. The van der Waals surface area contributed by atoms with Gasteiger partial charge in [0.2, 0.25) is 0 Å². The number of carbonyl (C=O) groups excluding carboxylic acids is 1. The third-order valence-corrected chi connectivity index (χ3v) is 6.35. The number of fused-ring (bicyclic) bond motifs is 1. The Hall–Kier alpha value is -3.15. The Kier molecular flexibility index (Phi) is 6.58. The van der Waals surface area contributed by atoms with Gasteiger partial charge in [-0.15, -0.1) is 0 Å². The van der Waals surface area contributed by atoms with E-state index < -0.39 is 6.09 Å². The van der Waals surface area contributed by atoms with Crippen molar-refractivity contribution >= 4 is 28.4 Å². The fourth-order valence-electron chi connectivity index (χ4n) is 4.36. The Morgan fingerprint density at radius 3 is 2.44 bits per heavy atom. The van der Waals surface area contributed by atoms with Crippen molar-refractivity contribution in [1.82, 2.24) is 4.57 Å². The first-order chi connectivity index (χ1) is 15.5. The van der Waals surface area contributed by atoms with E-state index in [4.69, 9.17) is 15.2 Å². The minimum atomic E-state index is -0.419. The second-order valence-electron chi connectivity index (χ2n) is 8.38. The molecule has 0 unspecified atom stereocenters. The maximum Gasteiger partial charge on any atom is 0.411 e. The van der Waals surface area contributed by atoms with Crippen LogP contribution in [0.1, 0.15) is 58.9 Å². The van der Waals surface area contributed by atoms with Crippen LogP contribution in [0, 0.1) is 0 Å². The summed E-state index contributed by atoms with van der Waals surface area (Å²) in [5.41, 5.74) is 11.3. The SMILES string of the molecule is CCOc1ccc2c(N)c(-c3ccc(NC(=O)OC(CC)CC)cc3)n(C3CCC3)c2c1. The van der Waals surface area contributed by atoms with Gasteiger partial charge in [-0.05, 0) is 63.3 Å². The lowest BCUT2D eigenvalue weighted by Gasteiger charge is -2.30. The quantitative estimate of drug-likeness (QED) is 0.410. The van der Waals surface area contributed by atoms with Gasteiger partial charge in [0, 0.05) is 28.7 Å². The van der Waals surface area contributed by atoms with Crippen LogP contribution < -0.4 is 15.8 Å². The Morgan fingerprint density at radius 2 is 1.84 bits per heavy atom. The maximum absolute atomic E-state index is 12.2. The van der Waals surface area contributed by atoms with Crippen LogP contribution in [-0.2, 0) is 4.74 Å². The van der Waals surface area contributed by atoms with Crippen molar-refractivity contribution < 1.29 is 14.3 Å². The number of rotatable bonds is 8. The van der Waals surface area contributed by atoms with E-state index in [2.05, 4.69) is 22.0 Å². The molecule has 0 bridgehead atoms. The highest BCUT2D eigenvalue weighted by Gasteiger charge is 2.27. The Morgan fingerprint density at radius 1 is 1.12 bits per heavy atom. The number of ether oxygens (including phenoxy) is 2. The van der Waals surface area contributed by atoms with Gasteiger partial charge in [0.15, 0.2) is 0 Å². The molecule has 1 aromatic heterocycles. The van der Waals surface area contributed by atoms with Crippen molar-refractivity contribution in [3.05, 3.63) is 42.5 Å². The Balaban J connectivity index is 1.65. The Labute approximate surface area is 189 Å². The van der Waals surface area contributed by atoms with Gasteiger partial charge < -0.3 is 19.8 Å². The lowest BCUT2D eigenvalue weighted by atomic mass is 9.92. The highest BCUT2D eigenvalue weighted by Crippen LogP contribution is 2.44. The third kappa shape index (κ3) is 4.27. The molecular formula is C26H33N3O3. The molecule has 0 saturated heterocycles. The third-order valence-electron chi connectivity index (χ3n) is 6.35. The summed E-state index contributed by atoms with van der Waals surface area (Å²) in [6, 6.07) is 14.4. The monoisotopic (exact) mass is 435 g/mol. The van der Waals surface area contributed by atoms with E-state index in [0.717, 1.165) is 59.3 Å². The van der Waals surface area contributed by atoms with Crippen molar-refractivity contribution in [2.45, 2.75) is 65.0 Å².